The van der Waals surface area contributed by atoms with E-state index in [0.29, 0.717) is 0 Å². The van der Waals surface area contributed by atoms with Crippen LogP contribution in [0.25, 0.3) is 100 Å². The van der Waals surface area contributed by atoms with Crippen LogP contribution in [-0.2, 0) is 0 Å². The SMILES string of the molecule is Cc1ccccc1-c1ccc2c(c1)B1c3cccc(-c4ccccc4)c3Oc3cc(-c4ccccc4)cc(c31)O2.Cc1ccccc1-c1ccc2c(c1)Oc1cc(-c3ccccc3C)cc3c1B2c1cc(-c2ccccc2C)ccc1O3.Cc1ccccc1-c1cccc2c1Oc1cc(-c3ccccc3)cc3c1B2c1cc(-c2ccccc2)ccc1O3. The predicted octanol–water partition coefficient (Wildman–Crippen LogP) is 23.8. The van der Waals surface area contributed by atoms with Gasteiger partial charge in [0.2, 0.25) is 0 Å². The molecular weight excluding hydrogens is 1490 g/mol. The van der Waals surface area contributed by atoms with Crippen LogP contribution in [0.5, 0.6) is 69.0 Å². The summed E-state index contributed by atoms with van der Waals surface area (Å²) in [6.45, 7) is 10.8. The van der Waals surface area contributed by atoms with Crippen molar-refractivity contribution in [1.29, 1.82) is 0 Å². The van der Waals surface area contributed by atoms with Crippen molar-refractivity contribution >= 4 is 69.3 Å². The third kappa shape index (κ3) is 12.9. The van der Waals surface area contributed by atoms with Gasteiger partial charge < -0.3 is 28.4 Å². The molecule has 0 saturated heterocycles. The minimum Gasteiger partial charge on any atom is -0.458 e. The largest absolute Gasteiger partial charge is 0.458 e. The number of fused-ring (bicyclic) bond motifs is 12. The molecule has 0 atom stereocenters. The van der Waals surface area contributed by atoms with E-state index >= 15 is 0 Å². The summed E-state index contributed by atoms with van der Waals surface area (Å²) in [5.41, 5.74) is 37.3. The van der Waals surface area contributed by atoms with Crippen molar-refractivity contribution in [2.45, 2.75) is 34.6 Å². The van der Waals surface area contributed by atoms with Crippen LogP contribution in [0.1, 0.15) is 27.8 Å². The van der Waals surface area contributed by atoms with Gasteiger partial charge in [-0.05, 0) is 245 Å². The molecule has 0 N–H and O–H groups in total. The van der Waals surface area contributed by atoms with Crippen LogP contribution >= 0.6 is 0 Å². The maximum absolute atomic E-state index is 6.88. The van der Waals surface area contributed by atoms with Gasteiger partial charge in [-0.15, -0.1) is 0 Å². The van der Waals surface area contributed by atoms with Crippen LogP contribution in [-0.4, -0.2) is 20.1 Å². The van der Waals surface area contributed by atoms with Crippen LogP contribution in [0.2, 0.25) is 0 Å². The minimum absolute atomic E-state index is 0.00306. The number of hydrogen-bond donors (Lipinski definition) is 0. The zero-order valence-corrected chi connectivity index (χ0v) is 68.1. The van der Waals surface area contributed by atoms with Gasteiger partial charge in [-0.1, -0.05) is 328 Å². The van der Waals surface area contributed by atoms with E-state index in [9.17, 15) is 0 Å². The molecule has 0 aliphatic carbocycles. The molecule has 0 bridgehead atoms. The molecule has 9 heteroatoms. The lowest BCUT2D eigenvalue weighted by atomic mass is 9.34. The first-order valence-corrected chi connectivity index (χ1v) is 42.0. The molecule has 0 spiro atoms. The van der Waals surface area contributed by atoms with E-state index in [1.54, 1.807) is 0 Å². The monoisotopic (exact) mass is 1560 g/mol. The summed E-state index contributed by atoms with van der Waals surface area (Å²) in [5.74, 6) is 10.5. The van der Waals surface area contributed by atoms with Crippen LogP contribution in [0.4, 0.5) is 0 Å². The summed E-state index contributed by atoms with van der Waals surface area (Å²) in [4.78, 5) is 0. The lowest BCUT2D eigenvalue weighted by Gasteiger charge is -2.34. The number of benzene rings is 18. The van der Waals surface area contributed by atoms with E-state index < -0.39 is 0 Å². The van der Waals surface area contributed by atoms with Crippen molar-refractivity contribution in [3.8, 4) is 169 Å². The standard InChI is InChI=1S/C39H29BO2.2C37H25BO2/c1-24-10-4-7-13-30(24)27-17-19-35-34(20-27)40-33-18-16-28(31-14-8-5-11-25(31)2)21-36(33)42-38-23-29(22-37(41-35)39(38)40)32-15-9-6-12-26(32)3;1-24-11-8-9-16-29(24)27-19-20-33-32(21-27)38-31-18-10-17-30(26-14-6-3-7-15-26)37(31)40-35-23-28(22-34(39-33)36(35)38)25-12-4-2-5-13-25;1-24-11-8-9-16-29(24)30-17-10-18-31-37(30)40-35-23-28(26-14-6-3-7-15-26)22-34-36(35)38(31)32-21-27(19-20-33(32)39-34)25-12-4-2-5-13-25/h4-23H,1-3H3;2*2-23H,1H3. The van der Waals surface area contributed by atoms with Crippen molar-refractivity contribution in [3.63, 3.8) is 0 Å². The van der Waals surface area contributed by atoms with E-state index in [-0.39, 0.29) is 20.1 Å². The highest BCUT2D eigenvalue weighted by atomic mass is 16.5. The molecule has 6 heterocycles. The molecule has 18 aromatic carbocycles. The van der Waals surface area contributed by atoms with Crippen LogP contribution in [0, 0.1) is 34.6 Å². The predicted molar refractivity (Wildman–Crippen MR) is 505 cm³/mol. The van der Waals surface area contributed by atoms with Gasteiger partial charge in [0.05, 0.1) is 0 Å². The molecule has 6 aliphatic heterocycles. The molecule has 0 saturated carbocycles. The highest BCUT2D eigenvalue weighted by molar-refractivity contribution is 7.00. The molecule has 0 unspecified atom stereocenters. The maximum Gasteiger partial charge on any atom is 0.260 e. The Balaban J connectivity index is 0.000000109. The maximum atomic E-state index is 6.88. The fraction of sp³-hybridized carbons (Fsp3) is 0.0442. The quantitative estimate of drug-likeness (QED) is 0.134. The van der Waals surface area contributed by atoms with Crippen LogP contribution < -0.4 is 77.6 Å². The summed E-state index contributed by atoms with van der Waals surface area (Å²) >= 11 is 0. The Labute approximate surface area is 712 Å². The molecule has 0 amide bonds. The molecular formula is C113H79B3O6. The van der Waals surface area contributed by atoms with Gasteiger partial charge in [0, 0.05) is 27.5 Å². The Bertz CT molecular complexity index is 7210. The Kier molecular flexibility index (Phi) is 18.3. The number of aryl methyl sites for hydroxylation is 5. The van der Waals surface area contributed by atoms with Gasteiger partial charge in [0.15, 0.2) is 0 Å². The smallest absolute Gasteiger partial charge is 0.260 e. The lowest BCUT2D eigenvalue weighted by Crippen LogP contribution is -2.57. The van der Waals surface area contributed by atoms with Crippen LogP contribution in [0.15, 0.2) is 388 Å². The summed E-state index contributed by atoms with van der Waals surface area (Å²) in [6, 6.07) is 137. The van der Waals surface area contributed by atoms with Gasteiger partial charge >= 0.3 is 0 Å². The second-order valence-electron chi connectivity index (χ2n) is 32.6. The second kappa shape index (κ2) is 30.4. The Morgan fingerprint density at radius 3 is 0.844 bits per heavy atom. The normalized spacial score (nSPS) is 12.5. The van der Waals surface area contributed by atoms with E-state index in [4.69, 9.17) is 28.4 Å². The average Bonchev–Trinajstić information content (AvgIpc) is 0.735. The Morgan fingerprint density at radius 1 is 0.148 bits per heavy atom. The third-order valence-corrected chi connectivity index (χ3v) is 25.1. The number of para-hydroxylation sites is 2. The van der Waals surface area contributed by atoms with Crippen molar-refractivity contribution < 1.29 is 28.4 Å². The number of rotatable bonds is 9. The zero-order chi connectivity index (χ0) is 81.6. The molecule has 6 aliphatic rings. The van der Waals surface area contributed by atoms with E-state index in [1.807, 2.05) is 12.1 Å². The fourth-order valence-electron chi connectivity index (χ4n) is 19.1. The molecule has 6 nitrogen and oxygen atoms in total. The summed E-state index contributed by atoms with van der Waals surface area (Å²) < 4.78 is 40.5. The topological polar surface area (TPSA) is 55.4 Å². The van der Waals surface area contributed by atoms with E-state index in [1.165, 1.54) is 83.4 Å². The van der Waals surface area contributed by atoms with Crippen molar-refractivity contribution in [1.82, 2.24) is 0 Å². The fourth-order valence-corrected chi connectivity index (χ4v) is 19.1. The van der Waals surface area contributed by atoms with Crippen molar-refractivity contribution in [2.24, 2.45) is 0 Å². The second-order valence-corrected chi connectivity index (χ2v) is 32.6. The highest BCUT2D eigenvalue weighted by Gasteiger charge is 2.45. The number of hydrogen-bond acceptors (Lipinski definition) is 6. The van der Waals surface area contributed by atoms with Gasteiger partial charge in [-0.25, -0.2) is 0 Å². The molecule has 0 radical (unpaired) electrons. The Morgan fingerprint density at radius 2 is 0.426 bits per heavy atom. The zero-order valence-electron chi connectivity index (χ0n) is 68.1. The first-order valence-electron chi connectivity index (χ1n) is 42.0. The number of ether oxygens (including phenoxy) is 6. The van der Waals surface area contributed by atoms with E-state index in [2.05, 4.69) is 411 Å². The van der Waals surface area contributed by atoms with Crippen molar-refractivity contribution in [2.75, 3.05) is 0 Å². The first-order chi connectivity index (χ1) is 60.0. The highest BCUT2D eigenvalue weighted by Crippen LogP contribution is 2.47. The molecule has 24 rings (SSSR count). The average molecular weight is 1570 g/mol. The molecule has 0 aromatic heterocycles. The Hall–Kier alpha value is -15.0. The lowest BCUT2D eigenvalue weighted by molar-refractivity contribution is 0.464. The molecule has 0 fully saturated rings. The third-order valence-electron chi connectivity index (χ3n) is 25.1. The van der Waals surface area contributed by atoms with Gasteiger partial charge in [-0.3, -0.25) is 0 Å². The van der Waals surface area contributed by atoms with Crippen molar-refractivity contribution in [3.05, 3.63) is 416 Å². The summed E-state index contributed by atoms with van der Waals surface area (Å²) in [5, 5.41) is 0. The molecule has 122 heavy (non-hydrogen) atoms. The van der Waals surface area contributed by atoms with Crippen LogP contribution in [0.3, 0.4) is 0 Å². The summed E-state index contributed by atoms with van der Waals surface area (Å²) in [7, 11) is 0. The van der Waals surface area contributed by atoms with E-state index in [0.717, 1.165) is 163 Å². The summed E-state index contributed by atoms with van der Waals surface area (Å²) in [6.07, 6.45) is 0. The molecule has 576 valence electrons. The van der Waals surface area contributed by atoms with Gasteiger partial charge in [0.25, 0.3) is 20.1 Å². The molecule has 18 aromatic rings. The first kappa shape index (κ1) is 73.3. The van der Waals surface area contributed by atoms with Gasteiger partial charge in [-0.2, -0.15) is 0 Å². The minimum atomic E-state index is -0.00467. The van der Waals surface area contributed by atoms with Gasteiger partial charge in [0.1, 0.15) is 69.0 Å².